The molecule has 2 aromatic carbocycles. The number of nitrogens with one attached hydrogen (secondary N) is 1. The van der Waals surface area contributed by atoms with Crippen LogP contribution in [-0.2, 0) is 22.6 Å². The fourth-order valence-electron chi connectivity index (χ4n) is 4.75. The van der Waals surface area contributed by atoms with Crippen LogP contribution in [0.4, 0.5) is 10.5 Å². The topological polar surface area (TPSA) is 93.5 Å². The summed E-state index contributed by atoms with van der Waals surface area (Å²) in [5.41, 5.74) is 2.76. The van der Waals surface area contributed by atoms with Crippen molar-refractivity contribution in [3.8, 4) is 11.5 Å². The normalized spacial score (nSPS) is 15.9. The van der Waals surface area contributed by atoms with Crippen LogP contribution in [0.5, 0.6) is 11.5 Å². The molecule has 3 amide bonds. The third-order valence-electron chi connectivity index (χ3n) is 6.98. The van der Waals surface area contributed by atoms with Gasteiger partial charge in [-0.05, 0) is 66.3 Å². The smallest absolute Gasteiger partial charge is 0.322 e. The van der Waals surface area contributed by atoms with Crippen molar-refractivity contribution in [1.82, 2.24) is 9.80 Å². The Morgan fingerprint density at radius 3 is 2.54 bits per heavy atom. The van der Waals surface area contributed by atoms with Crippen LogP contribution in [0.15, 0.2) is 65.3 Å². The Bertz CT molecular complexity index is 1250. The van der Waals surface area contributed by atoms with Crippen molar-refractivity contribution in [2.45, 2.75) is 51.8 Å². The maximum absolute atomic E-state index is 13.7. The van der Waals surface area contributed by atoms with E-state index in [1.54, 1.807) is 22.1 Å². The Kier molecular flexibility index (Phi) is 8.36. The van der Waals surface area contributed by atoms with Gasteiger partial charge in [-0.15, -0.1) is 0 Å². The number of hydrogen-bond acceptors (Lipinski definition) is 6. The van der Waals surface area contributed by atoms with E-state index in [-0.39, 0.29) is 37.9 Å². The summed E-state index contributed by atoms with van der Waals surface area (Å²) in [7, 11) is 0. The second-order valence-electron chi connectivity index (χ2n) is 10.2. The Hall–Kier alpha value is -3.98. The van der Waals surface area contributed by atoms with E-state index in [2.05, 4.69) is 19.2 Å². The van der Waals surface area contributed by atoms with E-state index < -0.39 is 0 Å². The highest BCUT2D eigenvalue weighted by atomic mass is 16.7. The van der Waals surface area contributed by atoms with Crippen molar-refractivity contribution in [2.75, 3.05) is 31.8 Å². The zero-order valence-corrected chi connectivity index (χ0v) is 22.4. The fraction of sp³-hybridized carbons (Fsp3) is 0.400. The molecular formula is C30H35N3O6. The zero-order chi connectivity index (χ0) is 27.2. The predicted molar refractivity (Wildman–Crippen MR) is 146 cm³/mol. The molecule has 3 heterocycles. The van der Waals surface area contributed by atoms with Gasteiger partial charge >= 0.3 is 6.03 Å². The largest absolute Gasteiger partial charge is 0.467 e. The van der Waals surface area contributed by atoms with E-state index >= 15 is 0 Å². The molecule has 1 unspecified atom stereocenters. The van der Waals surface area contributed by atoms with Crippen LogP contribution in [0, 0.1) is 0 Å². The van der Waals surface area contributed by atoms with E-state index in [1.165, 1.54) is 5.56 Å². The maximum atomic E-state index is 13.7. The number of furan rings is 1. The molecule has 0 radical (unpaired) electrons. The zero-order valence-electron chi connectivity index (χ0n) is 22.4. The number of anilines is 1. The monoisotopic (exact) mass is 533 g/mol. The van der Waals surface area contributed by atoms with Gasteiger partial charge in [0.15, 0.2) is 11.5 Å². The van der Waals surface area contributed by atoms with E-state index in [9.17, 15) is 9.59 Å². The third kappa shape index (κ3) is 6.92. The molecule has 3 aromatic rings. The minimum absolute atomic E-state index is 0.0962. The molecule has 0 saturated carbocycles. The van der Waals surface area contributed by atoms with Gasteiger partial charge in [0, 0.05) is 25.4 Å². The molecule has 1 atom stereocenters. The SMILES string of the molecule is CC(C)c1ccc(NC(=O)N(CC(=O)N(Cc2ccc3c(c2)OCO3)Cc2ccco2)CC2CCCO2)cc1. The number of rotatable bonds is 10. The van der Waals surface area contributed by atoms with Crippen molar-refractivity contribution in [1.29, 1.82) is 0 Å². The minimum atomic E-state index is -0.336. The Labute approximate surface area is 228 Å². The molecule has 1 aromatic heterocycles. The van der Waals surface area contributed by atoms with Crippen LogP contribution in [0.25, 0.3) is 0 Å². The summed E-state index contributed by atoms with van der Waals surface area (Å²) in [5.74, 6) is 2.19. The summed E-state index contributed by atoms with van der Waals surface area (Å²) in [4.78, 5) is 30.4. The summed E-state index contributed by atoms with van der Waals surface area (Å²) in [6.45, 7) is 5.93. The van der Waals surface area contributed by atoms with Crippen LogP contribution in [0.1, 0.15) is 49.5 Å². The molecule has 9 nitrogen and oxygen atoms in total. The van der Waals surface area contributed by atoms with Crippen LogP contribution in [0.3, 0.4) is 0 Å². The molecule has 1 fully saturated rings. The lowest BCUT2D eigenvalue weighted by atomic mass is 10.0. The first-order valence-corrected chi connectivity index (χ1v) is 13.4. The number of carbonyl (C=O) groups is 2. The molecule has 0 bridgehead atoms. The number of carbonyl (C=O) groups excluding carboxylic acids is 2. The number of amides is 3. The highest BCUT2D eigenvalue weighted by Crippen LogP contribution is 2.33. The summed E-state index contributed by atoms with van der Waals surface area (Å²) in [6.07, 6.45) is 3.29. The number of urea groups is 1. The van der Waals surface area contributed by atoms with Crippen LogP contribution >= 0.6 is 0 Å². The maximum Gasteiger partial charge on any atom is 0.322 e. The molecular weight excluding hydrogens is 498 g/mol. The molecule has 1 saturated heterocycles. The Balaban J connectivity index is 1.32. The Morgan fingerprint density at radius 2 is 1.82 bits per heavy atom. The minimum Gasteiger partial charge on any atom is -0.467 e. The molecule has 5 rings (SSSR count). The van der Waals surface area contributed by atoms with Crippen molar-refractivity contribution >= 4 is 17.6 Å². The number of hydrogen-bond donors (Lipinski definition) is 1. The number of nitrogens with zero attached hydrogens (tertiary/aromatic N) is 2. The van der Waals surface area contributed by atoms with E-state index in [0.29, 0.717) is 48.6 Å². The first-order chi connectivity index (χ1) is 18.9. The van der Waals surface area contributed by atoms with Gasteiger partial charge in [-0.3, -0.25) is 4.79 Å². The van der Waals surface area contributed by atoms with Gasteiger partial charge in [-0.2, -0.15) is 0 Å². The Morgan fingerprint density at radius 1 is 1.00 bits per heavy atom. The molecule has 0 spiro atoms. The lowest BCUT2D eigenvalue weighted by Gasteiger charge is -2.29. The summed E-state index contributed by atoms with van der Waals surface area (Å²) >= 11 is 0. The number of ether oxygens (including phenoxy) is 3. The fourth-order valence-corrected chi connectivity index (χ4v) is 4.75. The molecule has 39 heavy (non-hydrogen) atoms. The van der Waals surface area contributed by atoms with Crippen molar-refractivity contribution in [3.05, 3.63) is 77.7 Å². The summed E-state index contributed by atoms with van der Waals surface area (Å²) in [6, 6.07) is 16.7. The van der Waals surface area contributed by atoms with Gasteiger partial charge in [0.05, 0.1) is 18.9 Å². The van der Waals surface area contributed by atoms with Gasteiger partial charge < -0.3 is 33.7 Å². The van der Waals surface area contributed by atoms with Crippen LogP contribution < -0.4 is 14.8 Å². The second kappa shape index (κ2) is 12.3. The van der Waals surface area contributed by atoms with Crippen molar-refractivity contribution < 1.29 is 28.2 Å². The number of benzene rings is 2. The lowest BCUT2D eigenvalue weighted by molar-refractivity contribution is -0.133. The molecule has 2 aliphatic rings. The summed E-state index contributed by atoms with van der Waals surface area (Å²) < 4.78 is 22.3. The molecule has 0 aliphatic carbocycles. The highest BCUT2D eigenvalue weighted by molar-refractivity contribution is 5.92. The van der Waals surface area contributed by atoms with Gasteiger partial charge in [-0.25, -0.2) is 4.79 Å². The van der Waals surface area contributed by atoms with Gasteiger partial charge in [0.1, 0.15) is 12.3 Å². The molecule has 2 aliphatic heterocycles. The summed E-state index contributed by atoms with van der Waals surface area (Å²) in [5, 5.41) is 2.96. The lowest BCUT2D eigenvalue weighted by Crippen LogP contribution is -2.46. The van der Waals surface area contributed by atoms with Crippen LogP contribution in [0.2, 0.25) is 0 Å². The van der Waals surface area contributed by atoms with Gasteiger partial charge in [0.2, 0.25) is 12.7 Å². The van der Waals surface area contributed by atoms with Crippen molar-refractivity contribution in [2.24, 2.45) is 0 Å². The quantitative estimate of drug-likeness (QED) is 0.377. The molecule has 9 heteroatoms. The average Bonchev–Trinajstić information content (AvgIpc) is 3.71. The van der Waals surface area contributed by atoms with Crippen LogP contribution in [-0.4, -0.2) is 54.3 Å². The number of fused-ring (bicyclic) bond motifs is 1. The standard InChI is InChI=1S/C30H35N3O6/c1-21(2)23-8-10-24(11-9-23)31-30(35)33(18-26-6-4-14-37-26)19-29(34)32(17-25-5-3-13-36-25)16-22-7-12-27-28(15-22)39-20-38-27/h3,5,7-13,15,21,26H,4,6,14,16-20H2,1-2H3,(H,31,35). The second-order valence-corrected chi connectivity index (χ2v) is 10.2. The van der Waals surface area contributed by atoms with E-state index in [4.69, 9.17) is 18.6 Å². The van der Waals surface area contributed by atoms with Gasteiger partial charge in [-0.1, -0.05) is 32.0 Å². The first-order valence-electron chi connectivity index (χ1n) is 13.4. The molecule has 1 N–H and O–H groups in total. The highest BCUT2D eigenvalue weighted by Gasteiger charge is 2.27. The van der Waals surface area contributed by atoms with E-state index in [1.807, 2.05) is 48.5 Å². The van der Waals surface area contributed by atoms with Gasteiger partial charge in [0.25, 0.3) is 0 Å². The predicted octanol–water partition coefficient (Wildman–Crippen LogP) is 5.37. The third-order valence-corrected chi connectivity index (χ3v) is 6.98. The molecule has 206 valence electrons. The first kappa shape index (κ1) is 26.6. The van der Waals surface area contributed by atoms with E-state index in [0.717, 1.165) is 18.4 Å². The average molecular weight is 534 g/mol. The van der Waals surface area contributed by atoms with Crippen molar-refractivity contribution in [3.63, 3.8) is 0 Å².